The third-order valence-corrected chi connectivity index (χ3v) is 5.09. The van der Waals surface area contributed by atoms with Crippen LogP contribution in [0.1, 0.15) is 91.6 Å². The van der Waals surface area contributed by atoms with Crippen LogP contribution in [0.3, 0.4) is 0 Å². The zero-order valence-corrected chi connectivity index (χ0v) is 28.1. The van der Waals surface area contributed by atoms with E-state index in [4.69, 9.17) is 24.1 Å². The second kappa shape index (κ2) is 16.7. The van der Waals surface area contributed by atoms with Crippen molar-refractivity contribution in [2.75, 3.05) is 19.8 Å². The summed E-state index contributed by atoms with van der Waals surface area (Å²) in [5.41, 5.74) is -2.84. The van der Waals surface area contributed by atoms with Crippen LogP contribution in [-0.4, -0.2) is 94.5 Å². The van der Waals surface area contributed by atoms with Crippen molar-refractivity contribution in [3.8, 4) is 0 Å². The van der Waals surface area contributed by atoms with Gasteiger partial charge >= 0.3 is 24.2 Å². The van der Waals surface area contributed by atoms with E-state index in [1.165, 1.54) is 31.2 Å². The van der Waals surface area contributed by atoms with Gasteiger partial charge in [-0.1, -0.05) is 12.1 Å². The lowest BCUT2D eigenvalue weighted by Gasteiger charge is -2.29. The minimum Gasteiger partial charge on any atom is -0.480 e. The normalized spacial score (nSPS) is 12.8. The van der Waals surface area contributed by atoms with E-state index in [0.717, 1.165) is 0 Å². The Kier molecular flexibility index (Phi) is 14.3. The molecule has 0 aliphatic carbocycles. The fourth-order valence-corrected chi connectivity index (χ4v) is 3.29. The molecular formula is C31H46N4O11. The summed E-state index contributed by atoms with van der Waals surface area (Å²) in [4.78, 5) is 79.6. The van der Waals surface area contributed by atoms with Gasteiger partial charge in [0, 0.05) is 24.3 Å². The Morgan fingerprint density at radius 2 is 1.28 bits per heavy atom. The van der Waals surface area contributed by atoms with Crippen molar-refractivity contribution in [3.63, 3.8) is 0 Å². The topological polar surface area (TPSA) is 199 Å². The van der Waals surface area contributed by atoms with Crippen LogP contribution in [0.5, 0.6) is 0 Å². The number of ether oxygens (including phenoxy) is 4. The van der Waals surface area contributed by atoms with Crippen LogP contribution in [0.25, 0.3) is 0 Å². The molecule has 0 fully saturated rings. The van der Waals surface area contributed by atoms with Crippen molar-refractivity contribution >= 4 is 41.9 Å². The number of carboxylic acid groups (broad SMARTS) is 1. The van der Waals surface area contributed by atoms with Gasteiger partial charge in [0.05, 0.1) is 0 Å². The predicted molar refractivity (Wildman–Crippen MR) is 167 cm³/mol. The number of imide groups is 1. The molecule has 1 rings (SSSR count). The summed E-state index contributed by atoms with van der Waals surface area (Å²) in [5.74, 6) is -2.64. The number of amidine groups is 1. The molecule has 0 radical (unpaired) electrons. The van der Waals surface area contributed by atoms with E-state index in [1.54, 1.807) is 62.3 Å². The van der Waals surface area contributed by atoms with E-state index >= 15 is 0 Å². The fraction of sp³-hybridized carbons (Fsp3) is 0.581. The number of amides is 5. The van der Waals surface area contributed by atoms with Crippen LogP contribution in [0, 0.1) is 0 Å². The largest absolute Gasteiger partial charge is 0.480 e. The van der Waals surface area contributed by atoms with E-state index in [1.807, 2.05) is 0 Å². The van der Waals surface area contributed by atoms with Crippen LogP contribution in [0.2, 0.25) is 0 Å². The minimum absolute atomic E-state index is 0.0648. The van der Waals surface area contributed by atoms with Crippen LogP contribution >= 0.6 is 0 Å². The highest BCUT2D eigenvalue weighted by atomic mass is 16.6. The molecule has 15 heteroatoms. The summed E-state index contributed by atoms with van der Waals surface area (Å²) in [6.07, 6.45) is -3.06. The number of nitrogens with one attached hydrogen (secondary N) is 2. The summed E-state index contributed by atoms with van der Waals surface area (Å²) >= 11 is 0. The molecule has 0 aliphatic heterocycles. The first-order chi connectivity index (χ1) is 21.0. The zero-order chi connectivity index (χ0) is 35.5. The Bertz CT molecular complexity index is 1260. The Morgan fingerprint density at radius 3 is 1.74 bits per heavy atom. The number of hydrogen-bond donors (Lipinski definition) is 3. The van der Waals surface area contributed by atoms with E-state index in [-0.39, 0.29) is 24.3 Å². The van der Waals surface area contributed by atoms with Gasteiger partial charge in [0.1, 0.15) is 29.5 Å². The standard InChI is InChI=1S/C31H46N4O11/c1-19(24(38)32-16-11-17-43-18-22(36)37)33-25(39)21-14-12-20(13-15-21)23(34-26(40)44-29(2,3)4)35(27(41)45-30(5,6)7)28(42)46-31(8,9)10/h12-15,19H,11,16-18H2,1-10H3,(H,32,38)(H,33,39)(H,36,37). The second-order valence-electron chi connectivity index (χ2n) is 13.1. The van der Waals surface area contributed by atoms with Crippen molar-refractivity contribution in [2.24, 2.45) is 4.99 Å². The van der Waals surface area contributed by atoms with Gasteiger partial charge in [-0.25, -0.2) is 19.2 Å². The molecule has 5 amide bonds. The molecule has 256 valence electrons. The molecule has 1 aromatic carbocycles. The number of rotatable bonds is 10. The van der Waals surface area contributed by atoms with Gasteiger partial charge in [0.25, 0.3) is 5.91 Å². The Balaban J connectivity index is 3.30. The minimum atomic E-state index is -1.17. The maximum absolute atomic E-state index is 13.3. The average Bonchev–Trinajstić information content (AvgIpc) is 2.86. The summed E-state index contributed by atoms with van der Waals surface area (Å²) in [5, 5.41) is 13.7. The lowest BCUT2D eigenvalue weighted by molar-refractivity contribution is -0.142. The zero-order valence-electron chi connectivity index (χ0n) is 28.1. The summed E-state index contributed by atoms with van der Waals surface area (Å²) < 4.78 is 21.1. The molecule has 0 spiro atoms. The van der Waals surface area contributed by atoms with Gasteiger partial charge in [-0.15, -0.1) is 0 Å². The SMILES string of the molecule is CC(NC(=O)c1ccc(C(=NC(=O)OC(C)(C)C)N(C(=O)OC(C)(C)C)C(=O)OC(C)(C)C)cc1)C(=O)NCCCOCC(=O)O. The number of nitrogens with zero attached hydrogens (tertiary/aromatic N) is 2. The van der Waals surface area contributed by atoms with E-state index in [2.05, 4.69) is 15.6 Å². The van der Waals surface area contributed by atoms with Gasteiger partial charge in [-0.2, -0.15) is 9.89 Å². The van der Waals surface area contributed by atoms with Gasteiger partial charge in [-0.05, 0) is 87.8 Å². The summed E-state index contributed by atoms with van der Waals surface area (Å²) in [7, 11) is 0. The Hall–Kier alpha value is -4.53. The van der Waals surface area contributed by atoms with E-state index in [0.29, 0.717) is 11.3 Å². The highest BCUT2D eigenvalue weighted by Crippen LogP contribution is 2.20. The lowest BCUT2D eigenvalue weighted by atomic mass is 10.1. The number of aliphatic carboxylic acids is 1. The van der Waals surface area contributed by atoms with Crippen molar-refractivity contribution in [1.82, 2.24) is 15.5 Å². The predicted octanol–water partition coefficient (Wildman–Crippen LogP) is 4.27. The summed E-state index contributed by atoms with van der Waals surface area (Å²) in [6, 6.07) is 4.47. The van der Waals surface area contributed by atoms with Crippen LogP contribution < -0.4 is 10.6 Å². The van der Waals surface area contributed by atoms with Crippen LogP contribution in [0.4, 0.5) is 14.4 Å². The third-order valence-electron chi connectivity index (χ3n) is 5.09. The molecule has 3 N–H and O–H groups in total. The number of hydrogen-bond acceptors (Lipinski definition) is 10. The van der Waals surface area contributed by atoms with Crippen molar-refractivity contribution < 1.29 is 52.8 Å². The number of carbonyl (C=O) groups is 6. The molecule has 1 aromatic rings. The molecule has 1 unspecified atom stereocenters. The Labute approximate surface area is 269 Å². The number of carbonyl (C=O) groups excluding carboxylic acids is 5. The first kappa shape index (κ1) is 39.5. The van der Waals surface area contributed by atoms with E-state index < -0.39 is 71.4 Å². The van der Waals surface area contributed by atoms with Gasteiger partial charge in [0.2, 0.25) is 5.91 Å². The molecule has 0 aromatic heterocycles. The van der Waals surface area contributed by atoms with Gasteiger partial charge in [0.15, 0.2) is 5.84 Å². The molecular weight excluding hydrogens is 604 g/mol. The smallest absolute Gasteiger partial charge is 0.436 e. The first-order valence-corrected chi connectivity index (χ1v) is 14.6. The maximum Gasteiger partial charge on any atom is 0.436 e. The molecule has 1 atom stereocenters. The lowest BCUT2D eigenvalue weighted by Crippen LogP contribution is -2.47. The second-order valence-corrected chi connectivity index (χ2v) is 13.1. The van der Waals surface area contributed by atoms with Gasteiger partial charge in [-0.3, -0.25) is 9.59 Å². The van der Waals surface area contributed by atoms with Crippen molar-refractivity contribution in [1.29, 1.82) is 0 Å². The monoisotopic (exact) mass is 650 g/mol. The summed E-state index contributed by atoms with van der Waals surface area (Å²) in [6.45, 7) is 15.8. The molecule has 0 bridgehead atoms. The quantitative estimate of drug-likeness (QED) is 0.141. The molecule has 0 saturated carbocycles. The number of benzene rings is 1. The fourth-order valence-electron chi connectivity index (χ4n) is 3.29. The highest BCUT2D eigenvalue weighted by molar-refractivity contribution is 6.18. The number of carboxylic acids is 1. The number of aliphatic imine (C=N–C) groups is 1. The third kappa shape index (κ3) is 15.5. The average molecular weight is 651 g/mol. The molecule has 0 aliphatic rings. The molecule has 15 nitrogen and oxygen atoms in total. The molecule has 46 heavy (non-hydrogen) atoms. The molecule has 0 saturated heterocycles. The molecule has 0 heterocycles. The van der Waals surface area contributed by atoms with Crippen molar-refractivity contribution in [3.05, 3.63) is 35.4 Å². The highest BCUT2D eigenvalue weighted by Gasteiger charge is 2.36. The van der Waals surface area contributed by atoms with Crippen molar-refractivity contribution in [2.45, 2.75) is 98.5 Å². The van der Waals surface area contributed by atoms with Gasteiger partial charge < -0.3 is 34.7 Å². The van der Waals surface area contributed by atoms with E-state index in [9.17, 15) is 28.8 Å². The Morgan fingerprint density at radius 1 is 0.804 bits per heavy atom. The van der Waals surface area contributed by atoms with Crippen LogP contribution in [-0.2, 0) is 28.5 Å². The maximum atomic E-state index is 13.3. The van der Waals surface area contributed by atoms with Crippen LogP contribution in [0.15, 0.2) is 29.3 Å². The first-order valence-electron chi connectivity index (χ1n) is 14.6.